The van der Waals surface area contributed by atoms with Crippen molar-refractivity contribution in [1.29, 1.82) is 0 Å². The largest absolute Gasteiger partial charge is 0.485 e. The smallest absolute Gasteiger partial charge is 0.303 e. The van der Waals surface area contributed by atoms with Gasteiger partial charge >= 0.3 is 5.97 Å². The minimum atomic E-state index is -0.468. The Morgan fingerprint density at radius 2 is 1.88 bits per heavy atom. The van der Waals surface area contributed by atoms with E-state index in [0.29, 0.717) is 5.75 Å². The van der Waals surface area contributed by atoms with E-state index in [-0.39, 0.29) is 19.0 Å². The molecule has 4 heteroatoms. The highest BCUT2D eigenvalue weighted by molar-refractivity contribution is 5.83. The molecule has 1 aromatic rings. The van der Waals surface area contributed by atoms with Gasteiger partial charge in [-0.05, 0) is 18.6 Å². The number of esters is 1. The van der Waals surface area contributed by atoms with E-state index in [4.69, 9.17) is 4.74 Å². The van der Waals surface area contributed by atoms with Crippen LogP contribution in [-0.4, -0.2) is 25.0 Å². The van der Waals surface area contributed by atoms with Crippen molar-refractivity contribution >= 4 is 11.8 Å². The molecule has 0 N–H and O–H groups in total. The van der Waals surface area contributed by atoms with E-state index in [2.05, 4.69) is 4.74 Å². The molecule has 0 bridgehead atoms. The molecule has 0 saturated heterocycles. The van der Waals surface area contributed by atoms with Gasteiger partial charge in [0.25, 0.3) is 0 Å². The number of aryl methyl sites for hydroxylation is 1. The molecule has 4 nitrogen and oxygen atoms in total. The standard InChI is InChI=1S/C12H14O4/c1-9-5-3-4-6-12(9)16-8-11(14)7-15-10(2)13/h3-6H,7-8H2,1-2H3. The molecule has 0 radical (unpaired) electrons. The maximum atomic E-state index is 11.2. The van der Waals surface area contributed by atoms with Crippen molar-refractivity contribution in [1.82, 2.24) is 0 Å². The number of hydrogen-bond acceptors (Lipinski definition) is 4. The van der Waals surface area contributed by atoms with Crippen LogP contribution in [0, 0.1) is 6.92 Å². The number of carbonyl (C=O) groups excluding carboxylic acids is 2. The predicted molar refractivity (Wildman–Crippen MR) is 58.3 cm³/mol. The molecular formula is C12H14O4. The summed E-state index contributed by atoms with van der Waals surface area (Å²) in [7, 11) is 0. The van der Waals surface area contributed by atoms with E-state index in [1.54, 1.807) is 6.07 Å². The molecule has 86 valence electrons. The Labute approximate surface area is 94.2 Å². The molecule has 0 amide bonds. The molecule has 0 aromatic heterocycles. The highest BCUT2D eigenvalue weighted by Gasteiger charge is 2.06. The lowest BCUT2D eigenvalue weighted by atomic mass is 10.2. The molecule has 0 atom stereocenters. The molecule has 0 aliphatic heterocycles. The van der Waals surface area contributed by atoms with Crippen LogP contribution in [0.5, 0.6) is 5.75 Å². The molecular weight excluding hydrogens is 208 g/mol. The van der Waals surface area contributed by atoms with Gasteiger partial charge < -0.3 is 9.47 Å². The van der Waals surface area contributed by atoms with Gasteiger partial charge in [-0.3, -0.25) is 9.59 Å². The molecule has 1 rings (SSSR count). The van der Waals surface area contributed by atoms with Crippen LogP contribution in [0.4, 0.5) is 0 Å². The van der Waals surface area contributed by atoms with Crippen molar-refractivity contribution in [3.63, 3.8) is 0 Å². The van der Waals surface area contributed by atoms with Crippen LogP contribution >= 0.6 is 0 Å². The number of hydrogen-bond donors (Lipinski definition) is 0. The lowest BCUT2D eigenvalue weighted by molar-refractivity contribution is -0.146. The van der Waals surface area contributed by atoms with Crippen molar-refractivity contribution in [3.05, 3.63) is 29.8 Å². The summed E-state index contributed by atoms with van der Waals surface area (Å²) in [6.07, 6.45) is 0. The topological polar surface area (TPSA) is 52.6 Å². The van der Waals surface area contributed by atoms with Crippen LogP contribution in [0.2, 0.25) is 0 Å². The van der Waals surface area contributed by atoms with Crippen molar-refractivity contribution < 1.29 is 19.1 Å². The molecule has 0 heterocycles. The van der Waals surface area contributed by atoms with Crippen LogP contribution in [0.25, 0.3) is 0 Å². The number of rotatable bonds is 5. The molecule has 0 fully saturated rings. The summed E-state index contributed by atoms with van der Waals surface area (Å²) in [5.74, 6) is -0.0682. The zero-order valence-electron chi connectivity index (χ0n) is 9.36. The van der Waals surface area contributed by atoms with Gasteiger partial charge in [0.05, 0.1) is 0 Å². The molecule has 0 aliphatic rings. The molecule has 0 saturated carbocycles. The molecule has 16 heavy (non-hydrogen) atoms. The molecule has 0 spiro atoms. The fourth-order valence-corrected chi connectivity index (χ4v) is 1.10. The maximum absolute atomic E-state index is 11.2. The van der Waals surface area contributed by atoms with Gasteiger partial charge in [0.2, 0.25) is 5.78 Å². The fraction of sp³-hybridized carbons (Fsp3) is 0.333. The van der Waals surface area contributed by atoms with Crippen LogP contribution in [0.3, 0.4) is 0 Å². The first-order valence-electron chi connectivity index (χ1n) is 4.93. The summed E-state index contributed by atoms with van der Waals surface area (Å²) < 4.78 is 9.84. The summed E-state index contributed by atoms with van der Waals surface area (Å²) in [4.78, 5) is 21.7. The second-order valence-electron chi connectivity index (χ2n) is 3.37. The maximum Gasteiger partial charge on any atom is 0.303 e. The van der Waals surface area contributed by atoms with E-state index in [9.17, 15) is 9.59 Å². The Bertz CT molecular complexity index is 384. The zero-order valence-corrected chi connectivity index (χ0v) is 9.36. The van der Waals surface area contributed by atoms with Crippen molar-refractivity contribution in [3.8, 4) is 5.75 Å². The average Bonchev–Trinajstić information content (AvgIpc) is 2.25. The first-order chi connectivity index (χ1) is 7.59. The monoisotopic (exact) mass is 222 g/mol. The van der Waals surface area contributed by atoms with Crippen LogP contribution in [0.1, 0.15) is 12.5 Å². The second kappa shape index (κ2) is 5.90. The Kier molecular flexibility index (Phi) is 4.51. The highest BCUT2D eigenvalue weighted by atomic mass is 16.5. The van der Waals surface area contributed by atoms with E-state index in [1.165, 1.54) is 6.92 Å². The minimum Gasteiger partial charge on any atom is -0.485 e. The number of para-hydroxylation sites is 1. The third-order valence-corrected chi connectivity index (χ3v) is 1.92. The third kappa shape index (κ3) is 4.13. The first kappa shape index (κ1) is 12.2. The number of ketones is 1. The van der Waals surface area contributed by atoms with Crippen molar-refractivity contribution in [2.75, 3.05) is 13.2 Å². The van der Waals surface area contributed by atoms with Gasteiger partial charge in [0.15, 0.2) is 13.2 Å². The van der Waals surface area contributed by atoms with Gasteiger partial charge in [-0.25, -0.2) is 0 Å². The number of Topliss-reactive ketones (excluding diaryl/α,β-unsaturated/α-hetero) is 1. The third-order valence-electron chi connectivity index (χ3n) is 1.92. The Morgan fingerprint density at radius 3 is 2.50 bits per heavy atom. The second-order valence-corrected chi connectivity index (χ2v) is 3.37. The van der Waals surface area contributed by atoms with Crippen molar-refractivity contribution in [2.45, 2.75) is 13.8 Å². The van der Waals surface area contributed by atoms with Gasteiger partial charge in [-0.2, -0.15) is 0 Å². The normalized spacial score (nSPS) is 9.62. The van der Waals surface area contributed by atoms with Crippen LogP contribution in [0.15, 0.2) is 24.3 Å². The predicted octanol–water partition coefficient (Wildman–Crippen LogP) is 1.51. The Balaban J connectivity index is 2.37. The van der Waals surface area contributed by atoms with Gasteiger partial charge in [0.1, 0.15) is 5.75 Å². The minimum absolute atomic E-state index is 0.0852. The van der Waals surface area contributed by atoms with E-state index >= 15 is 0 Å². The number of ether oxygens (including phenoxy) is 2. The first-order valence-corrected chi connectivity index (χ1v) is 4.93. The summed E-state index contributed by atoms with van der Waals surface area (Å²) in [5.41, 5.74) is 0.961. The summed E-state index contributed by atoms with van der Waals surface area (Å²) in [6, 6.07) is 7.40. The van der Waals surface area contributed by atoms with E-state index in [0.717, 1.165) is 5.56 Å². The quantitative estimate of drug-likeness (QED) is 0.708. The number of benzene rings is 1. The van der Waals surface area contributed by atoms with Crippen LogP contribution in [-0.2, 0) is 14.3 Å². The number of carbonyl (C=O) groups is 2. The lowest BCUT2D eigenvalue weighted by Crippen LogP contribution is -2.19. The Morgan fingerprint density at radius 1 is 1.19 bits per heavy atom. The fourth-order valence-electron chi connectivity index (χ4n) is 1.10. The SMILES string of the molecule is CC(=O)OCC(=O)COc1ccccc1C. The van der Waals surface area contributed by atoms with Gasteiger partial charge in [0, 0.05) is 6.92 Å². The molecule has 1 aromatic carbocycles. The van der Waals surface area contributed by atoms with Gasteiger partial charge in [-0.1, -0.05) is 18.2 Å². The molecule has 0 unspecified atom stereocenters. The average molecular weight is 222 g/mol. The van der Waals surface area contributed by atoms with E-state index < -0.39 is 5.97 Å². The zero-order chi connectivity index (χ0) is 12.0. The molecule has 0 aliphatic carbocycles. The highest BCUT2D eigenvalue weighted by Crippen LogP contribution is 2.15. The van der Waals surface area contributed by atoms with E-state index in [1.807, 2.05) is 25.1 Å². The summed E-state index contributed by atoms with van der Waals surface area (Å²) >= 11 is 0. The van der Waals surface area contributed by atoms with Gasteiger partial charge in [-0.15, -0.1) is 0 Å². The van der Waals surface area contributed by atoms with Crippen molar-refractivity contribution in [2.24, 2.45) is 0 Å². The summed E-state index contributed by atoms with van der Waals surface area (Å²) in [5, 5.41) is 0. The van der Waals surface area contributed by atoms with Crippen LogP contribution < -0.4 is 4.74 Å². The Hall–Kier alpha value is -1.84. The lowest BCUT2D eigenvalue weighted by Gasteiger charge is -2.07. The summed E-state index contributed by atoms with van der Waals surface area (Å²) in [6.45, 7) is 2.83.